The normalized spacial score (nSPS) is 11.6. The van der Waals surface area contributed by atoms with Gasteiger partial charge in [0.05, 0.1) is 5.69 Å². The van der Waals surface area contributed by atoms with Gasteiger partial charge in [0.25, 0.3) is 5.91 Å². The van der Waals surface area contributed by atoms with Crippen molar-refractivity contribution in [3.8, 4) is 11.3 Å². The highest BCUT2D eigenvalue weighted by Gasteiger charge is 2.11. The molecule has 1 aromatic heterocycles. The first kappa shape index (κ1) is 22.1. The number of rotatable bonds is 8. The second-order valence-corrected chi connectivity index (χ2v) is 7.90. The van der Waals surface area contributed by atoms with E-state index in [0.717, 1.165) is 24.1 Å². The number of aryl methyl sites for hydroxylation is 1. The summed E-state index contributed by atoms with van der Waals surface area (Å²) in [6, 6.07) is 25.5. The Morgan fingerprint density at radius 3 is 2.52 bits per heavy atom. The average molecular weight is 441 g/mol. The van der Waals surface area contributed by atoms with E-state index in [-0.39, 0.29) is 17.8 Å². The van der Waals surface area contributed by atoms with Gasteiger partial charge < -0.3 is 10.6 Å². The van der Waals surface area contributed by atoms with Crippen molar-refractivity contribution in [2.24, 2.45) is 0 Å². The van der Waals surface area contributed by atoms with Gasteiger partial charge in [0.2, 0.25) is 0 Å². The molecule has 0 aliphatic carbocycles. The maximum Gasteiger partial charge on any atom is 0.251 e. The molecule has 0 saturated carbocycles. The molecule has 1 heterocycles. The Balaban J connectivity index is 1.39. The third kappa shape index (κ3) is 6.23. The van der Waals surface area contributed by atoms with E-state index in [1.807, 2.05) is 37.3 Å². The monoisotopic (exact) mass is 440 g/mol. The van der Waals surface area contributed by atoms with E-state index in [1.165, 1.54) is 24.0 Å². The first-order valence-corrected chi connectivity index (χ1v) is 10.9. The fourth-order valence-electron chi connectivity index (χ4n) is 3.50. The molecular weight excluding hydrogens is 415 g/mol. The smallest absolute Gasteiger partial charge is 0.251 e. The molecule has 33 heavy (non-hydrogen) atoms. The third-order valence-electron chi connectivity index (χ3n) is 5.29. The van der Waals surface area contributed by atoms with Crippen LogP contribution in [0.25, 0.3) is 11.3 Å². The summed E-state index contributed by atoms with van der Waals surface area (Å²) in [4.78, 5) is 21.3. The van der Waals surface area contributed by atoms with E-state index < -0.39 is 0 Å². The molecule has 0 aliphatic heterocycles. The number of carbonyl (C=O) groups is 1. The van der Waals surface area contributed by atoms with E-state index in [4.69, 9.17) is 0 Å². The molecule has 0 aliphatic rings. The Morgan fingerprint density at radius 1 is 0.939 bits per heavy atom. The number of nitrogens with zero attached hydrogens (tertiary/aromatic N) is 2. The Hall–Kier alpha value is -4.06. The van der Waals surface area contributed by atoms with E-state index >= 15 is 0 Å². The van der Waals surface area contributed by atoms with Gasteiger partial charge in [-0.05, 0) is 67.8 Å². The largest absolute Gasteiger partial charge is 0.350 e. The van der Waals surface area contributed by atoms with Gasteiger partial charge in [-0.3, -0.25) is 4.79 Å². The van der Waals surface area contributed by atoms with Crippen LogP contribution in [0.15, 0.2) is 91.3 Å². The fraction of sp³-hybridized carbons (Fsp3) is 0.148. The molecule has 4 aromatic rings. The molecule has 3 aromatic carbocycles. The summed E-state index contributed by atoms with van der Waals surface area (Å²) in [6.07, 6.45) is 3.22. The van der Waals surface area contributed by atoms with Crippen molar-refractivity contribution in [3.63, 3.8) is 0 Å². The second-order valence-electron chi connectivity index (χ2n) is 7.90. The maximum absolute atomic E-state index is 13.2. The zero-order valence-electron chi connectivity index (χ0n) is 18.3. The summed E-state index contributed by atoms with van der Waals surface area (Å²) in [5, 5.41) is 6.29. The van der Waals surface area contributed by atoms with E-state index in [1.54, 1.807) is 30.3 Å². The van der Waals surface area contributed by atoms with Crippen molar-refractivity contribution in [2.75, 3.05) is 5.32 Å². The molecule has 6 heteroatoms. The Morgan fingerprint density at radius 2 is 1.73 bits per heavy atom. The highest BCUT2D eigenvalue weighted by atomic mass is 19.1. The van der Waals surface area contributed by atoms with Crippen molar-refractivity contribution in [2.45, 2.75) is 25.8 Å². The van der Waals surface area contributed by atoms with Crippen molar-refractivity contribution < 1.29 is 9.18 Å². The van der Waals surface area contributed by atoms with Gasteiger partial charge in [-0.15, -0.1) is 0 Å². The van der Waals surface area contributed by atoms with Crippen LogP contribution in [0, 0.1) is 5.82 Å². The molecule has 0 spiro atoms. The number of anilines is 2. The molecule has 2 N–H and O–H groups in total. The van der Waals surface area contributed by atoms with Crippen molar-refractivity contribution in [3.05, 3.63) is 108 Å². The molecule has 166 valence electrons. The molecule has 5 nitrogen and oxygen atoms in total. The molecule has 1 amide bonds. The summed E-state index contributed by atoms with van der Waals surface area (Å²) >= 11 is 0. The lowest BCUT2D eigenvalue weighted by Crippen LogP contribution is -2.32. The quantitative estimate of drug-likeness (QED) is 0.365. The summed E-state index contributed by atoms with van der Waals surface area (Å²) in [5.74, 6) is 0.169. The molecule has 0 saturated heterocycles. The van der Waals surface area contributed by atoms with Gasteiger partial charge in [0.1, 0.15) is 18.0 Å². The van der Waals surface area contributed by atoms with E-state index in [9.17, 15) is 9.18 Å². The van der Waals surface area contributed by atoms with Crippen molar-refractivity contribution >= 4 is 17.4 Å². The highest BCUT2D eigenvalue weighted by Crippen LogP contribution is 2.22. The van der Waals surface area contributed by atoms with Crippen LogP contribution in [-0.4, -0.2) is 21.9 Å². The molecule has 0 radical (unpaired) electrons. The van der Waals surface area contributed by atoms with Crippen LogP contribution in [0.4, 0.5) is 15.9 Å². The summed E-state index contributed by atoms with van der Waals surface area (Å²) in [7, 11) is 0. The minimum Gasteiger partial charge on any atom is -0.350 e. The average Bonchev–Trinajstić information content (AvgIpc) is 2.84. The minimum atomic E-state index is -0.296. The van der Waals surface area contributed by atoms with Crippen LogP contribution < -0.4 is 10.6 Å². The van der Waals surface area contributed by atoms with Gasteiger partial charge in [-0.25, -0.2) is 14.4 Å². The topological polar surface area (TPSA) is 66.9 Å². The zero-order chi connectivity index (χ0) is 23.0. The second kappa shape index (κ2) is 10.5. The lowest BCUT2D eigenvalue weighted by Gasteiger charge is -2.15. The third-order valence-corrected chi connectivity index (χ3v) is 5.29. The fourth-order valence-corrected chi connectivity index (χ4v) is 3.50. The molecule has 1 unspecified atom stereocenters. The first-order valence-electron chi connectivity index (χ1n) is 10.9. The number of hydrogen-bond donors (Lipinski definition) is 2. The van der Waals surface area contributed by atoms with Gasteiger partial charge in [0, 0.05) is 28.9 Å². The van der Waals surface area contributed by atoms with Crippen LogP contribution in [0.1, 0.15) is 29.3 Å². The molecule has 4 rings (SSSR count). The zero-order valence-corrected chi connectivity index (χ0v) is 18.3. The van der Waals surface area contributed by atoms with E-state index in [2.05, 4.69) is 32.7 Å². The van der Waals surface area contributed by atoms with Crippen LogP contribution in [0.3, 0.4) is 0 Å². The predicted octanol–water partition coefficient (Wildman–Crippen LogP) is 5.78. The Kier molecular flexibility index (Phi) is 7.05. The number of amides is 1. The summed E-state index contributed by atoms with van der Waals surface area (Å²) < 4.78 is 13.2. The van der Waals surface area contributed by atoms with Crippen LogP contribution in [0.2, 0.25) is 0 Å². The SMILES string of the molecule is CC(CCc1ccccc1)NC(=O)c1cccc(Nc2cc(-c3ccc(F)cc3)ncn2)c1. The highest BCUT2D eigenvalue weighted by molar-refractivity contribution is 5.95. The first-order chi connectivity index (χ1) is 16.1. The predicted molar refractivity (Wildman–Crippen MR) is 129 cm³/mol. The number of hydrogen-bond acceptors (Lipinski definition) is 4. The van der Waals surface area contributed by atoms with Crippen molar-refractivity contribution in [1.82, 2.24) is 15.3 Å². The lowest BCUT2D eigenvalue weighted by molar-refractivity contribution is 0.0938. The standard InChI is InChI=1S/C27H25FN4O/c1-19(10-11-20-6-3-2-4-7-20)31-27(33)22-8-5-9-24(16-22)32-26-17-25(29-18-30-26)21-12-14-23(28)15-13-21/h2-9,12-19H,10-11H2,1H3,(H,31,33)(H,29,30,32). The number of halogens is 1. The lowest BCUT2D eigenvalue weighted by atomic mass is 10.1. The Labute approximate surface area is 192 Å². The summed E-state index contributed by atoms with van der Waals surface area (Å²) in [5.41, 5.74) is 4.03. The van der Waals surface area contributed by atoms with Gasteiger partial charge in [-0.1, -0.05) is 36.4 Å². The molecular formula is C27H25FN4O. The molecule has 0 fully saturated rings. The van der Waals surface area contributed by atoms with Crippen molar-refractivity contribution in [1.29, 1.82) is 0 Å². The minimum absolute atomic E-state index is 0.0504. The van der Waals surface area contributed by atoms with Gasteiger partial charge in [0.15, 0.2) is 0 Å². The number of carbonyl (C=O) groups excluding carboxylic acids is 1. The van der Waals surface area contributed by atoms with Crippen LogP contribution in [-0.2, 0) is 6.42 Å². The molecule has 0 bridgehead atoms. The maximum atomic E-state index is 13.2. The summed E-state index contributed by atoms with van der Waals surface area (Å²) in [6.45, 7) is 2.01. The van der Waals surface area contributed by atoms with Gasteiger partial charge >= 0.3 is 0 Å². The van der Waals surface area contributed by atoms with Crippen LogP contribution in [0.5, 0.6) is 0 Å². The number of benzene rings is 3. The Bertz CT molecular complexity index is 1210. The van der Waals surface area contributed by atoms with Crippen LogP contribution >= 0.6 is 0 Å². The molecule has 1 atom stereocenters. The van der Waals surface area contributed by atoms with E-state index in [0.29, 0.717) is 17.1 Å². The number of nitrogens with one attached hydrogen (secondary N) is 2. The number of aromatic nitrogens is 2. The van der Waals surface area contributed by atoms with Gasteiger partial charge in [-0.2, -0.15) is 0 Å².